The highest BCUT2D eigenvalue weighted by molar-refractivity contribution is 5.86. The van der Waals surface area contributed by atoms with Crippen molar-refractivity contribution in [3.63, 3.8) is 0 Å². The summed E-state index contributed by atoms with van der Waals surface area (Å²) in [5.41, 5.74) is 3.07. The van der Waals surface area contributed by atoms with Crippen molar-refractivity contribution in [1.29, 1.82) is 0 Å². The highest BCUT2D eigenvalue weighted by Gasteiger charge is 2.08. The van der Waals surface area contributed by atoms with Crippen molar-refractivity contribution in [1.82, 2.24) is 9.97 Å². The first-order valence-corrected chi connectivity index (χ1v) is 7.65. The predicted molar refractivity (Wildman–Crippen MR) is 84.6 cm³/mol. The number of nitrogens with zero attached hydrogens (tertiary/aromatic N) is 1. The highest BCUT2D eigenvalue weighted by atomic mass is 16.5. The Labute approximate surface area is 125 Å². The van der Waals surface area contributed by atoms with Gasteiger partial charge in [-0.25, -0.2) is 9.78 Å². The number of hydrogen-bond donors (Lipinski definition) is 2. The molecule has 0 bridgehead atoms. The Kier molecular flexibility index (Phi) is 5.60. The van der Waals surface area contributed by atoms with Gasteiger partial charge in [-0.3, -0.25) is 5.32 Å². The molecule has 0 aliphatic carbocycles. The summed E-state index contributed by atoms with van der Waals surface area (Å²) in [7, 11) is 0. The van der Waals surface area contributed by atoms with E-state index in [4.69, 9.17) is 4.74 Å². The van der Waals surface area contributed by atoms with Gasteiger partial charge >= 0.3 is 6.09 Å². The summed E-state index contributed by atoms with van der Waals surface area (Å²) in [6.07, 6.45) is 4.82. The van der Waals surface area contributed by atoms with E-state index in [-0.39, 0.29) is 0 Å². The highest BCUT2D eigenvalue weighted by Crippen LogP contribution is 2.17. The number of carbonyl (C=O) groups excluding carboxylic acids is 1. The lowest BCUT2D eigenvalue weighted by Gasteiger charge is -2.03. The van der Waals surface area contributed by atoms with Crippen LogP contribution in [-0.2, 0) is 11.2 Å². The molecule has 0 aliphatic rings. The van der Waals surface area contributed by atoms with Gasteiger partial charge in [-0.1, -0.05) is 32.8 Å². The zero-order valence-corrected chi connectivity index (χ0v) is 12.7. The molecule has 2 N–H and O–H groups in total. The molecule has 21 heavy (non-hydrogen) atoms. The van der Waals surface area contributed by atoms with Crippen LogP contribution in [0.4, 0.5) is 10.7 Å². The van der Waals surface area contributed by atoms with Gasteiger partial charge in [0.2, 0.25) is 5.95 Å². The standard InChI is InChI=1S/C16H23N3O2/c1-3-5-7-12-8-9-13-14(11-12)18-15(17-13)19-16(20)21-10-6-4-2/h8-9,11H,3-7,10H2,1-2H3,(H2,17,18,19,20). The van der Waals surface area contributed by atoms with E-state index in [1.807, 2.05) is 6.07 Å². The van der Waals surface area contributed by atoms with Gasteiger partial charge in [0.15, 0.2) is 0 Å². The number of H-pyrrole nitrogens is 1. The number of amides is 1. The van der Waals surface area contributed by atoms with E-state index >= 15 is 0 Å². The number of imidazole rings is 1. The minimum absolute atomic E-state index is 0.430. The van der Waals surface area contributed by atoms with Crippen LogP contribution in [0.1, 0.15) is 45.1 Å². The molecular weight excluding hydrogens is 266 g/mol. The van der Waals surface area contributed by atoms with Gasteiger partial charge in [0.05, 0.1) is 17.6 Å². The first-order valence-electron chi connectivity index (χ1n) is 7.65. The van der Waals surface area contributed by atoms with Crippen molar-refractivity contribution < 1.29 is 9.53 Å². The van der Waals surface area contributed by atoms with Gasteiger partial charge in [-0.05, 0) is 37.0 Å². The van der Waals surface area contributed by atoms with E-state index in [1.54, 1.807) is 0 Å². The third kappa shape index (κ3) is 4.48. The van der Waals surface area contributed by atoms with Crippen molar-refractivity contribution in [2.75, 3.05) is 11.9 Å². The Morgan fingerprint density at radius 3 is 2.86 bits per heavy atom. The number of aryl methyl sites for hydroxylation is 1. The summed E-state index contributed by atoms with van der Waals surface area (Å²) >= 11 is 0. The molecule has 0 radical (unpaired) electrons. The summed E-state index contributed by atoms with van der Waals surface area (Å²) in [5, 5.41) is 2.63. The zero-order chi connectivity index (χ0) is 15.1. The summed E-state index contributed by atoms with van der Waals surface area (Å²) < 4.78 is 5.05. The van der Waals surface area contributed by atoms with Crippen LogP contribution in [0.5, 0.6) is 0 Å². The fourth-order valence-corrected chi connectivity index (χ4v) is 2.09. The third-order valence-electron chi connectivity index (χ3n) is 3.32. The van der Waals surface area contributed by atoms with Gasteiger partial charge in [-0.15, -0.1) is 0 Å². The first-order chi connectivity index (χ1) is 10.2. The predicted octanol–water partition coefficient (Wildman–Crippen LogP) is 4.25. The van der Waals surface area contributed by atoms with Crippen LogP contribution >= 0.6 is 0 Å². The molecule has 114 valence electrons. The molecule has 0 fully saturated rings. The molecule has 5 heteroatoms. The van der Waals surface area contributed by atoms with Crippen LogP contribution in [0.2, 0.25) is 0 Å². The maximum atomic E-state index is 11.6. The summed E-state index contributed by atoms with van der Waals surface area (Å²) in [4.78, 5) is 19.0. The SMILES string of the molecule is CCCCOC(=O)Nc1nc2ccc(CCCC)cc2[nH]1. The molecule has 0 spiro atoms. The number of benzene rings is 1. The van der Waals surface area contributed by atoms with Crippen LogP contribution in [-0.4, -0.2) is 22.7 Å². The van der Waals surface area contributed by atoms with Crippen LogP contribution in [0.3, 0.4) is 0 Å². The molecule has 0 aliphatic heterocycles. The van der Waals surface area contributed by atoms with E-state index in [0.717, 1.165) is 30.3 Å². The maximum absolute atomic E-state index is 11.6. The number of aromatic amines is 1. The zero-order valence-electron chi connectivity index (χ0n) is 12.7. The molecular formula is C16H23N3O2. The molecule has 1 aromatic carbocycles. The molecule has 1 aromatic heterocycles. The second-order valence-corrected chi connectivity index (χ2v) is 5.15. The van der Waals surface area contributed by atoms with Gasteiger partial charge < -0.3 is 9.72 Å². The average Bonchev–Trinajstić information content (AvgIpc) is 2.86. The topological polar surface area (TPSA) is 67.0 Å². The number of anilines is 1. The number of fused-ring (bicyclic) bond motifs is 1. The van der Waals surface area contributed by atoms with E-state index < -0.39 is 6.09 Å². The monoisotopic (exact) mass is 289 g/mol. The second kappa shape index (κ2) is 7.67. The van der Waals surface area contributed by atoms with Gasteiger partial charge in [0.1, 0.15) is 0 Å². The molecule has 0 unspecified atom stereocenters. The first kappa shape index (κ1) is 15.4. The Hall–Kier alpha value is -2.04. The normalized spacial score (nSPS) is 10.8. The number of aromatic nitrogens is 2. The van der Waals surface area contributed by atoms with Crippen LogP contribution in [0.25, 0.3) is 11.0 Å². The lowest BCUT2D eigenvalue weighted by atomic mass is 10.1. The number of hydrogen-bond acceptors (Lipinski definition) is 3. The van der Waals surface area contributed by atoms with Gasteiger partial charge in [-0.2, -0.15) is 0 Å². The molecule has 5 nitrogen and oxygen atoms in total. The summed E-state index contributed by atoms with van der Waals surface area (Å²) in [6, 6.07) is 6.15. The fourth-order valence-electron chi connectivity index (χ4n) is 2.09. The summed E-state index contributed by atoms with van der Waals surface area (Å²) in [5.74, 6) is 0.430. The quantitative estimate of drug-likeness (QED) is 0.749. The van der Waals surface area contributed by atoms with Crippen molar-refractivity contribution in [3.05, 3.63) is 23.8 Å². The van der Waals surface area contributed by atoms with E-state index in [9.17, 15) is 4.79 Å². The molecule has 2 rings (SSSR count). The Bertz CT molecular complexity index is 592. The number of carbonyl (C=O) groups is 1. The van der Waals surface area contributed by atoms with Crippen molar-refractivity contribution >= 4 is 23.1 Å². The van der Waals surface area contributed by atoms with Crippen molar-refractivity contribution in [3.8, 4) is 0 Å². The molecule has 0 atom stereocenters. The lowest BCUT2D eigenvalue weighted by Crippen LogP contribution is -2.15. The molecule has 0 saturated heterocycles. The van der Waals surface area contributed by atoms with Crippen LogP contribution in [0.15, 0.2) is 18.2 Å². The minimum atomic E-state index is -0.464. The van der Waals surface area contributed by atoms with Gasteiger partial charge in [0.25, 0.3) is 0 Å². The molecule has 2 aromatic rings. The van der Waals surface area contributed by atoms with Crippen molar-refractivity contribution in [2.24, 2.45) is 0 Å². The smallest absolute Gasteiger partial charge is 0.413 e. The largest absolute Gasteiger partial charge is 0.449 e. The Morgan fingerprint density at radius 1 is 1.29 bits per heavy atom. The minimum Gasteiger partial charge on any atom is -0.449 e. The van der Waals surface area contributed by atoms with E-state index in [1.165, 1.54) is 18.4 Å². The van der Waals surface area contributed by atoms with Crippen molar-refractivity contribution in [2.45, 2.75) is 46.0 Å². The molecule has 1 heterocycles. The third-order valence-corrected chi connectivity index (χ3v) is 3.32. The van der Waals surface area contributed by atoms with Crippen LogP contribution < -0.4 is 5.32 Å². The van der Waals surface area contributed by atoms with E-state index in [2.05, 4.69) is 41.3 Å². The van der Waals surface area contributed by atoms with Crippen LogP contribution in [0, 0.1) is 0 Å². The Balaban J connectivity index is 1.99. The lowest BCUT2D eigenvalue weighted by molar-refractivity contribution is 0.159. The number of ether oxygens (including phenoxy) is 1. The number of rotatable bonds is 7. The second-order valence-electron chi connectivity index (χ2n) is 5.15. The Morgan fingerprint density at radius 2 is 2.10 bits per heavy atom. The average molecular weight is 289 g/mol. The summed E-state index contributed by atoms with van der Waals surface area (Å²) in [6.45, 7) is 4.67. The number of nitrogens with one attached hydrogen (secondary N) is 2. The van der Waals surface area contributed by atoms with Gasteiger partial charge in [0, 0.05) is 0 Å². The molecule has 1 amide bonds. The molecule has 0 saturated carbocycles. The maximum Gasteiger partial charge on any atom is 0.413 e. The fraction of sp³-hybridized carbons (Fsp3) is 0.500. The van der Waals surface area contributed by atoms with E-state index in [0.29, 0.717) is 12.6 Å². The number of unbranched alkanes of at least 4 members (excludes halogenated alkanes) is 2.